The monoisotopic (exact) mass is 564 g/mol. The van der Waals surface area contributed by atoms with E-state index in [1.807, 2.05) is 62.7 Å². The summed E-state index contributed by atoms with van der Waals surface area (Å²) in [6, 6.07) is 9.50. The van der Waals surface area contributed by atoms with Crippen molar-refractivity contribution in [2.24, 2.45) is 7.05 Å². The lowest BCUT2D eigenvalue weighted by atomic mass is 9.92. The molecule has 5 rings (SSSR count). The number of carbonyl (C=O) groups excluding carboxylic acids is 2. The van der Waals surface area contributed by atoms with Gasteiger partial charge in [0.2, 0.25) is 5.91 Å². The van der Waals surface area contributed by atoms with Gasteiger partial charge in [-0.3, -0.25) is 9.78 Å². The lowest BCUT2D eigenvalue weighted by Gasteiger charge is -2.30. The van der Waals surface area contributed by atoms with E-state index in [0.717, 1.165) is 59.8 Å². The fourth-order valence-corrected chi connectivity index (χ4v) is 4.87. The van der Waals surface area contributed by atoms with Gasteiger partial charge in [0.05, 0.1) is 30.0 Å². The molecule has 10 heteroatoms. The standard InChI is InChI=1S/C21H19ClN4O.C9H18N2O2/c1-13(27)25-21(20-11-23-12-26(20)2)18-8-15-4-3-7-24-19(15)9-14-5-6-16(22)10-17(14)18;1-9(2,3)13-8(12)11-6-4-10-5-7-11/h3-8,10-12,21H,9H2,1-2H3,(H,25,27);10H,4-7H2,1-3H3. The summed E-state index contributed by atoms with van der Waals surface area (Å²) < 4.78 is 7.15. The van der Waals surface area contributed by atoms with Crippen LogP contribution < -0.4 is 10.6 Å². The zero-order chi connectivity index (χ0) is 28.9. The molecule has 1 unspecified atom stereocenters. The minimum absolute atomic E-state index is 0.110. The highest BCUT2D eigenvalue weighted by Crippen LogP contribution is 2.38. The molecule has 1 aliphatic carbocycles. The lowest BCUT2D eigenvalue weighted by molar-refractivity contribution is -0.119. The number of rotatable bonds is 3. The molecule has 0 saturated carbocycles. The SMILES string of the molecule is CC(=O)NC(C1=Cc2cccnc2Cc2ccc(Cl)cc21)c1cncn1C.CC(C)(C)OC(=O)N1CCNCC1. The molecule has 40 heavy (non-hydrogen) atoms. The van der Waals surface area contributed by atoms with Crippen LogP contribution in [-0.2, 0) is 23.0 Å². The van der Waals surface area contributed by atoms with Crippen molar-refractivity contribution < 1.29 is 14.3 Å². The number of ether oxygens (including phenoxy) is 1. The van der Waals surface area contributed by atoms with Crippen LogP contribution in [0.15, 0.2) is 49.1 Å². The maximum absolute atomic E-state index is 12.0. The Morgan fingerprint density at radius 1 is 1.18 bits per heavy atom. The highest BCUT2D eigenvalue weighted by molar-refractivity contribution is 6.30. The number of aryl methyl sites for hydroxylation is 1. The van der Waals surface area contributed by atoms with Gasteiger partial charge in [-0.15, -0.1) is 0 Å². The largest absolute Gasteiger partial charge is 0.444 e. The molecule has 9 nitrogen and oxygen atoms in total. The van der Waals surface area contributed by atoms with E-state index in [-0.39, 0.29) is 23.6 Å². The molecule has 2 amide bonds. The summed E-state index contributed by atoms with van der Waals surface area (Å²) in [4.78, 5) is 34.0. The number of hydrogen-bond donors (Lipinski definition) is 2. The number of hydrogen-bond acceptors (Lipinski definition) is 6. The number of piperazine rings is 1. The van der Waals surface area contributed by atoms with Crippen LogP contribution in [0.4, 0.5) is 4.79 Å². The van der Waals surface area contributed by atoms with E-state index in [9.17, 15) is 9.59 Å². The number of aromatic nitrogens is 3. The normalized spacial score (nSPS) is 15.3. The number of nitrogens with zero attached hydrogens (tertiary/aromatic N) is 4. The third kappa shape index (κ3) is 7.49. The number of fused-ring (bicyclic) bond motifs is 2. The van der Waals surface area contributed by atoms with E-state index < -0.39 is 0 Å². The number of imidazole rings is 1. The predicted octanol–water partition coefficient (Wildman–Crippen LogP) is 4.62. The van der Waals surface area contributed by atoms with Crippen LogP contribution in [0, 0.1) is 0 Å². The average Bonchev–Trinajstić information content (AvgIpc) is 3.25. The van der Waals surface area contributed by atoms with E-state index in [1.165, 1.54) is 6.92 Å². The van der Waals surface area contributed by atoms with Crippen molar-refractivity contribution >= 4 is 35.3 Å². The summed E-state index contributed by atoms with van der Waals surface area (Å²) >= 11 is 6.33. The van der Waals surface area contributed by atoms with Gasteiger partial charge < -0.3 is 24.8 Å². The van der Waals surface area contributed by atoms with Crippen molar-refractivity contribution in [3.05, 3.63) is 82.2 Å². The molecule has 2 aromatic heterocycles. The first-order chi connectivity index (χ1) is 19.0. The van der Waals surface area contributed by atoms with Crippen molar-refractivity contribution in [1.82, 2.24) is 30.1 Å². The smallest absolute Gasteiger partial charge is 0.410 e. The molecule has 1 aromatic carbocycles. The van der Waals surface area contributed by atoms with Gasteiger partial charge in [-0.25, -0.2) is 9.78 Å². The first-order valence-electron chi connectivity index (χ1n) is 13.4. The molecule has 0 spiro atoms. The molecule has 2 N–H and O–H groups in total. The fraction of sp³-hybridized carbons (Fsp3) is 0.400. The Kier molecular flexibility index (Phi) is 9.27. The molecule has 1 fully saturated rings. The Balaban J connectivity index is 0.000000240. The zero-order valence-electron chi connectivity index (χ0n) is 23.7. The van der Waals surface area contributed by atoms with Gasteiger partial charge in [0.15, 0.2) is 0 Å². The predicted molar refractivity (Wildman–Crippen MR) is 157 cm³/mol. The molecular formula is C30H37ClN6O3. The van der Waals surface area contributed by atoms with Crippen molar-refractivity contribution in [1.29, 1.82) is 0 Å². The molecule has 3 aromatic rings. The molecular weight excluding hydrogens is 528 g/mol. The molecule has 3 heterocycles. The van der Waals surface area contributed by atoms with Gasteiger partial charge >= 0.3 is 6.09 Å². The first-order valence-corrected chi connectivity index (χ1v) is 13.8. The number of amides is 2. The zero-order valence-corrected chi connectivity index (χ0v) is 24.5. The van der Waals surface area contributed by atoms with Crippen molar-refractivity contribution in [3.63, 3.8) is 0 Å². The molecule has 1 atom stereocenters. The maximum Gasteiger partial charge on any atom is 0.410 e. The van der Waals surface area contributed by atoms with Crippen LogP contribution in [0.2, 0.25) is 5.02 Å². The fourth-order valence-electron chi connectivity index (χ4n) is 4.70. The van der Waals surface area contributed by atoms with Crippen LogP contribution in [0.3, 0.4) is 0 Å². The summed E-state index contributed by atoms with van der Waals surface area (Å²) in [5, 5.41) is 6.92. The van der Waals surface area contributed by atoms with Gasteiger partial charge in [-0.1, -0.05) is 23.7 Å². The topological polar surface area (TPSA) is 101 Å². The second-order valence-corrected chi connectivity index (χ2v) is 11.3. The molecule has 2 aliphatic rings. The highest BCUT2D eigenvalue weighted by Gasteiger charge is 2.27. The van der Waals surface area contributed by atoms with Crippen LogP contribution in [0.5, 0.6) is 0 Å². The Morgan fingerprint density at radius 2 is 1.93 bits per heavy atom. The Bertz CT molecular complexity index is 1390. The maximum atomic E-state index is 12.0. The third-order valence-corrected chi connectivity index (χ3v) is 6.79. The van der Waals surface area contributed by atoms with Gasteiger partial charge in [-0.05, 0) is 67.3 Å². The molecule has 0 bridgehead atoms. The number of halogens is 1. The first kappa shape index (κ1) is 29.3. The number of pyridine rings is 1. The van der Waals surface area contributed by atoms with Crippen LogP contribution in [0.25, 0.3) is 11.6 Å². The van der Waals surface area contributed by atoms with Gasteiger partial charge in [0.25, 0.3) is 0 Å². The molecule has 0 radical (unpaired) electrons. The van der Waals surface area contributed by atoms with Crippen molar-refractivity contribution in [3.8, 4) is 0 Å². The van der Waals surface area contributed by atoms with E-state index in [2.05, 4.69) is 26.7 Å². The Hall–Kier alpha value is -3.69. The third-order valence-electron chi connectivity index (χ3n) is 6.55. The minimum atomic E-state index is -0.387. The van der Waals surface area contributed by atoms with Crippen LogP contribution in [0.1, 0.15) is 61.8 Å². The Labute approximate surface area is 240 Å². The van der Waals surface area contributed by atoms with Gasteiger partial charge in [0.1, 0.15) is 5.60 Å². The second kappa shape index (κ2) is 12.7. The minimum Gasteiger partial charge on any atom is -0.444 e. The molecule has 1 aliphatic heterocycles. The number of benzene rings is 1. The van der Waals surface area contributed by atoms with Crippen molar-refractivity contribution in [2.75, 3.05) is 26.2 Å². The Morgan fingerprint density at radius 3 is 2.58 bits per heavy atom. The number of nitrogens with one attached hydrogen (secondary N) is 2. The summed E-state index contributed by atoms with van der Waals surface area (Å²) in [5.74, 6) is -0.110. The average molecular weight is 565 g/mol. The lowest BCUT2D eigenvalue weighted by Crippen LogP contribution is -2.48. The van der Waals surface area contributed by atoms with E-state index in [0.29, 0.717) is 11.4 Å². The molecule has 212 valence electrons. The van der Waals surface area contributed by atoms with E-state index >= 15 is 0 Å². The summed E-state index contributed by atoms with van der Waals surface area (Å²) in [5.41, 5.74) is 5.66. The van der Waals surface area contributed by atoms with Crippen LogP contribution in [-0.4, -0.2) is 63.2 Å². The quantitative estimate of drug-likeness (QED) is 0.481. The van der Waals surface area contributed by atoms with E-state index in [4.69, 9.17) is 16.3 Å². The molecule has 1 saturated heterocycles. The summed E-state index contributed by atoms with van der Waals surface area (Å²) in [6.07, 6.45) is 7.92. The van der Waals surface area contributed by atoms with Gasteiger partial charge in [-0.2, -0.15) is 0 Å². The second-order valence-electron chi connectivity index (χ2n) is 10.9. The van der Waals surface area contributed by atoms with Crippen molar-refractivity contribution in [2.45, 2.75) is 45.8 Å². The van der Waals surface area contributed by atoms with Crippen LogP contribution >= 0.6 is 11.6 Å². The van der Waals surface area contributed by atoms with Gasteiger partial charge in [0, 0.05) is 57.8 Å². The highest BCUT2D eigenvalue weighted by atomic mass is 35.5. The van der Waals surface area contributed by atoms with E-state index in [1.54, 1.807) is 23.6 Å². The summed E-state index contributed by atoms with van der Waals surface area (Å²) in [7, 11) is 1.92. The number of carbonyl (C=O) groups is 2. The summed E-state index contributed by atoms with van der Waals surface area (Å²) in [6.45, 7) is 10.4.